The van der Waals surface area contributed by atoms with E-state index in [-0.39, 0.29) is 0 Å². The van der Waals surface area contributed by atoms with Crippen LogP contribution in [0.3, 0.4) is 0 Å². The summed E-state index contributed by atoms with van der Waals surface area (Å²) in [6.45, 7) is 6.36. The van der Waals surface area contributed by atoms with Gasteiger partial charge >= 0.3 is 0 Å². The molecule has 2 nitrogen and oxygen atoms in total. The van der Waals surface area contributed by atoms with E-state index in [4.69, 9.17) is 22.1 Å². The lowest BCUT2D eigenvalue weighted by atomic mass is 10.1. The Balaban J connectivity index is 2.32. The molecule has 0 saturated heterocycles. The van der Waals surface area contributed by atoms with Crippen LogP contribution in [0.4, 0.5) is 0 Å². The average molecular weight is 256 g/mol. The Labute approximate surface area is 109 Å². The Kier molecular flexibility index (Phi) is 6.56. The lowest BCUT2D eigenvalue weighted by Gasteiger charge is -2.08. The summed E-state index contributed by atoms with van der Waals surface area (Å²) in [7, 11) is 0. The van der Waals surface area contributed by atoms with Crippen LogP contribution in [0.5, 0.6) is 0 Å². The van der Waals surface area contributed by atoms with Gasteiger partial charge in [0.25, 0.3) is 0 Å². The third-order valence-electron chi connectivity index (χ3n) is 2.68. The molecule has 0 aliphatic carbocycles. The summed E-state index contributed by atoms with van der Waals surface area (Å²) < 4.78 is 5.61. The Morgan fingerprint density at radius 1 is 1.35 bits per heavy atom. The summed E-state index contributed by atoms with van der Waals surface area (Å²) in [5, 5.41) is 0.747. The maximum atomic E-state index is 6.14. The van der Waals surface area contributed by atoms with Crippen LogP contribution in [0.2, 0.25) is 5.02 Å². The molecule has 0 heterocycles. The average Bonchev–Trinajstić information content (AvgIpc) is 2.30. The standard InChI is InChI=1S/C14H22ClNO/c1-11(2)4-3-7-17-10-13-6-5-12(9-16)8-14(13)15/h5-6,8,11H,3-4,7,9-10,16H2,1-2H3. The first-order valence-electron chi connectivity index (χ1n) is 6.18. The molecule has 0 atom stereocenters. The topological polar surface area (TPSA) is 35.2 Å². The summed E-state index contributed by atoms with van der Waals surface area (Å²) in [6, 6.07) is 5.90. The van der Waals surface area contributed by atoms with Crippen LogP contribution in [0, 0.1) is 5.92 Å². The first-order valence-corrected chi connectivity index (χ1v) is 6.56. The van der Waals surface area contributed by atoms with E-state index < -0.39 is 0 Å². The van der Waals surface area contributed by atoms with Gasteiger partial charge in [0.1, 0.15) is 0 Å². The van der Waals surface area contributed by atoms with Crippen molar-refractivity contribution in [2.75, 3.05) is 6.61 Å². The molecule has 0 radical (unpaired) electrons. The first-order chi connectivity index (χ1) is 8.13. The van der Waals surface area contributed by atoms with Crippen molar-refractivity contribution >= 4 is 11.6 Å². The number of benzene rings is 1. The number of ether oxygens (including phenoxy) is 1. The van der Waals surface area contributed by atoms with Gasteiger partial charge in [-0.15, -0.1) is 0 Å². The van der Waals surface area contributed by atoms with E-state index in [0.717, 1.165) is 35.1 Å². The third-order valence-corrected chi connectivity index (χ3v) is 3.03. The van der Waals surface area contributed by atoms with E-state index >= 15 is 0 Å². The van der Waals surface area contributed by atoms with Gasteiger partial charge in [-0.05, 0) is 36.0 Å². The molecule has 0 amide bonds. The molecule has 2 N–H and O–H groups in total. The van der Waals surface area contributed by atoms with Gasteiger partial charge in [0, 0.05) is 18.2 Å². The quantitative estimate of drug-likeness (QED) is 0.753. The summed E-state index contributed by atoms with van der Waals surface area (Å²) in [5.41, 5.74) is 7.64. The SMILES string of the molecule is CC(C)CCCOCc1ccc(CN)cc1Cl. The molecule has 3 heteroatoms. The van der Waals surface area contributed by atoms with Gasteiger partial charge in [0.05, 0.1) is 6.61 Å². The maximum Gasteiger partial charge on any atom is 0.0731 e. The number of rotatable bonds is 7. The summed E-state index contributed by atoms with van der Waals surface area (Å²) in [4.78, 5) is 0. The van der Waals surface area contributed by atoms with Gasteiger partial charge in [-0.3, -0.25) is 0 Å². The molecule has 1 rings (SSSR count). The van der Waals surface area contributed by atoms with Crippen LogP contribution >= 0.6 is 11.6 Å². The molecule has 0 unspecified atom stereocenters. The van der Waals surface area contributed by atoms with E-state index in [0.29, 0.717) is 13.2 Å². The van der Waals surface area contributed by atoms with Crippen molar-refractivity contribution in [3.8, 4) is 0 Å². The zero-order valence-corrected chi connectivity index (χ0v) is 11.5. The van der Waals surface area contributed by atoms with Crippen molar-refractivity contribution in [2.24, 2.45) is 11.7 Å². The second kappa shape index (κ2) is 7.70. The Morgan fingerprint density at radius 2 is 2.12 bits per heavy atom. The first kappa shape index (κ1) is 14.5. The zero-order chi connectivity index (χ0) is 12.7. The summed E-state index contributed by atoms with van der Waals surface area (Å²) in [5.74, 6) is 0.742. The van der Waals surface area contributed by atoms with Crippen molar-refractivity contribution in [1.82, 2.24) is 0 Å². The number of halogens is 1. The molecular weight excluding hydrogens is 234 g/mol. The van der Waals surface area contributed by atoms with Crippen LogP contribution in [-0.2, 0) is 17.9 Å². The van der Waals surface area contributed by atoms with Gasteiger partial charge in [-0.25, -0.2) is 0 Å². The monoisotopic (exact) mass is 255 g/mol. The van der Waals surface area contributed by atoms with Crippen molar-refractivity contribution in [1.29, 1.82) is 0 Å². The van der Waals surface area contributed by atoms with E-state index in [2.05, 4.69) is 13.8 Å². The molecule has 1 aromatic carbocycles. The predicted molar refractivity (Wildman–Crippen MR) is 73.1 cm³/mol. The minimum absolute atomic E-state index is 0.523. The summed E-state index contributed by atoms with van der Waals surface area (Å²) in [6.07, 6.45) is 2.32. The second-order valence-corrected chi connectivity index (χ2v) is 5.13. The van der Waals surface area contributed by atoms with E-state index in [1.54, 1.807) is 0 Å². The number of nitrogens with two attached hydrogens (primary N) is 1. The molecular formula is C14H22ClNO. The molecule has 1 aromatic rings. The van der Waals surface area contributed by atoms with Gasteiger partial charge < -0.3 is 10.5 Å². The molecule has 0 saturated carbocycles. The minimum Gasteiger partial charge on any atom is -0.377 e. The lowest BCUT2D eigenvalue weighted by molar-refractivity contribution is 0.115. The molecule has 0 bridgehead atoms. The smallest absolute Gasteiger partial charge is 0.0731 e. The molecule has 0 aliphatic rings. The van der Waals surface area contributed by atoms with Crippen molar-refractivity contribution in [3.63, 3.8) is 0 Å². The highest BCUT2D eigenvalue weighted by molar-refractivity contribution is 6.31. The highest BCUT2D eigenvalue weighted by atomic mass is 35.5. The lowest BCUT2D eigenvalue weighted by Crippen LogP contribution is -2.00. The van der Waals surface area contributed by atoms with Crippen molar-refractivity contribution in [2.45, 2.75) is 39.8 Å². The van der Waals surface area contributed by atoms with Crippen LogP contribution in [0.15, 0.2) is 18.2 Å². The number of hydrogen-bond donors (Lipinski definition) is 1. The fourth-order valence-corrected chi connectivity index (χ4v) is 1.87. The minimum atomic E-state index is 0.523. The van der Waals surface area contributed by atoms with Crippen molar-refractivity contribution < 1.29 is 4.74 Å². The van der Waals surface area contributed by atoms with E-state index in [1.165, 1.54) is 6.42 Å². The fraction of sp³-hybridized carbons (Fsp3) is 0.571. The van der Waals surface area contributed by atoms with E-state index in [9.17, 15) is 0 Å². The predicted octanol–water partition coefficient (Wildman–Crippen LogP) is 3.75. The highest BCUT2D eigenvalue weighted by Crippen LogP contribution is 2.18. The van der Waals surface area contributed by atoms with Gasteiger partial charge in [-0.2, -0.15) is 0 Å². The molecule has 17 heavy (non-hydrogen) atoms. The van der Waals surface area contributed by atoms with Gasteiger partial charge in [0.2, 0.25) is 0 Å². The molecule has 96 valence electrons. The largest absolute Gasteiger partial charge is 0.377 e. The second-order valence-electron chi connectivity index (χ2n) is 4.72. The molecule has 0 fully saturated rings. The highest BCUT2D eigenvalue weighted by Gasteiger charge is 2.02. The normalized spacial score (nSPS) is 11.1. The number of hydrogen-bond acceptors (Lipinski definition) is 2. The Hall–Kier alpha value is -0.570. The summed E-state index contributed by atoms with van der Waals surface area (Å²) >= 11 is 6.14. The Morgan fingerprint density at radius 3 is 2.71 bits per heavy atom. The molecule has 0 aliphatic heterocycles. The van der Waals surface area contributed by atoms with E-state index in [1.807, 2.05) is 18.2 Å². The fourth-order valence-electron chi connectivity index (χ4n) is 1.61. The molecule has 0 spiro atoms. The van der Waals surface area contributed by atoms with Gasteiger partial charge in [0.15, 0.2) is 0 Å². The van der Waals surface area contributed by atoms with Crippen LogP contribution in [0.1, 0.15) is 37.8 Å². The van der Waals surface area contributed by atoms with Crippen molar-refractivity contribution in [3.05, 3.63) is 34.3 Å². The van der Waals surface area contributed by atoms with Crippen LogP contribution < -0.4 is 5.73 Å². The van der Waals surface area contributed by atoms with Gasteiger partial charge in [-0.1, -0.05) is 37.6 Å². The Bertz CT molecular complexity index is 339. The third kappa shape index (κ3) is 5.53. The van der Waals surface area contributed by atoms with Crippen LogP contribution in [0.25, 0.3) is 0 Å². The maximum absolute atomic E-state index is 6.14. The zero-order valence-electron chi connectivity index (χ0n) is 10.7. The van der Waals surface area contributed by atoms with Crippen LogP contribution in [-0.4, -0.2) is 6.61 Å². The molecule has 0 aromatic heterocycles.